The van der Waals surface area contributed by atoms with Gasteiger partial charge in [-0.1, -0.05) is 0 Å². The summed E-state index contributed by atoms with van der Waals surface area (Å²) in [5.74, 6) is -8.55. The van der Waals surface area contributed by atoms with Crippen LogP contribution >= 0.6 is 0 Å². The lowest BCUT2D eigenvalue weighted by Crippen LogP contribution is -2.42. The van der Waals surface area contributed by atoms with Gasteiger partial charge in [0.25, 0.3) is 0 Å². The zero-order valence-electron chi connectivity index (χ0n) is 10.4. The highest BCUT2D eigenvalue weighted by molar-refractivity contribution is 5.79. The summed E-state index contributed by atoms with van der Waals surface area (Å²) in [7, 11) is 0. The van der Waals surface area contributed by atoms with Crippen LogP contribution in [0.4, 0.5) is 13.2 Å². The topological polar surface area (TPSA) is 96.3 Å². The predicted molar refractivity (Wildman–Crippen MR) is 61.3 cm³/mol. The van der Waals surface area contributed by atoms with Gasteiger partial charge in [-0.15, -0.1) is 0 Å². The molecule has 8 heteroatoms. The number of carbonyl (C=O) groups is 1. The van der Waals surface area contributed by atoms with Crippen LogP contribution in [0.5, 0.6) is 5.75 Å². The van der Waals surface area contributed by atoms with Crippen molar-refractivity contribution in [3.8, 4) is 11.8 Å². The van der Waals surface area contributed by atoms with E-state index in [1.54, 1.807) is 0 Å². The molecule has 108 valence electrons. The Morgan fingerprint density at radius 2 is 2.20 bits per heavy atom. The highest BCUT2D eigenvalue weighted by atomic mass is 19.3. The second-order valence-corrected chi connectivity index (χ2v) is 3.79. The first-order valence-electron chi connectivity index (χ1n) is 5.49. The fraction of sp³-hybridized carbons (Fsp3) is 0.333. The predicted octanol–water partition coefficient (Wildman–Crippen LogP) is 1.60. The van der Waals surface area contributed by atoms with Gasteiger partial charge in [0.05, 0.1) is 18.2 Å². The van der Waals surface area contributed by atoms with Crippen molar-refractivity contribution >= 4 is 5.97 Å². The summed E-state index contributed by atoms with van der Waals surface area (Å²) in [6, 6.07) is 0.694. The van der Waals surface area contributed by atoms with Gasteiger partial charge in [0, 0.05) is 5.56 Å². The van der Waals surface area contributed by atoms with Gasteiger partial charge >= 0.3 is 11.9 Å². The number of carbonyl (C=O) groups excluding carboxylic acids is 1. The lowest BCUT2D eigenvalue weighted by atomic mass is 9.95. The Kier molecular flexibility index (Phi) is 4.57. The first-order valence-corrected chi connectivity index (χ1v) is 5.49. The number of benzene rings is 1. The van der Waals surface area contributed by atoms with E-state index < -0.39 is 40.6 Å². The summed E-state index contributed by atoms with van der Waals surface area (Å²) < 4.78 is 44.9. The van der Waals surface area contributed by atoms with E-state index in [-0.39, 0.29) is 6.61 Å². The molecule has 0 saturated heterocycles. The van der Waals surface area contributed by atoms with Crippen molar-refractivity contribution in [3.63, 3.8) is 0 Å². The largest absolute Gasteiger partial charge is 0.505 e. The van der Waals surface area contributed by atoms with E-state index in [2.05, 4.69) is 4.74 Å². The zero-order valence-corrected chi connectivity index (χ0v) is 10.4. The summed E-state index contributed by atoms with van der Waals surface area (Å²) >= 11 is 0. The molecule has 1 aromatic carbocycles. The maximum absolute atomic E-state index is 13.8. The molecule has 0 bridgehead atoms. The Labute approximate surface area is 112 Å². The van der Waals surface area contributed by atoms with Crippen molar-refractivity contribution < 1.29 is 27.8 Å². The number of alkyl halides is 2. The third-order valence-corrected chi connectivity index (χ3v) is 2.54. The molecule has 0 aliphatic carbocycles. The SMILES string of the molecule is CCOC(=O)C(F)(F)[C@H](N)c1c(C#N)ccc(F)c1O. The lowest BCUT2D eigenvalue weighted by molar-refractivity contribution is -0.174. The first-order chi connectivity index (χ1) is 9.27. The molecule has 1 rings (SSSR count). The minimum absolute atomic E-state index is 0.304. The molecule has 0 amide bonds. The van der Waals surface area contributed by atoms with Crippen molar-refractivity contribution in [2.75, 3.05) is 6.61 Å². The summed E-state index contributed by atoms with van der Waals surface area (Å²) in [5, 5.41) is 18.3. The van der Waals surface area contributed by atoms with Gasteiger partial charge in [-0.25, -0.2) is 9.18 Å². The number of nitrogens with two attached hydrogens (primary N) is 1. The molecule has 0 aliphatic heterocycles. The lowest BCUT2D eigenvalue weighted by Gasteiger charge is -2.23. The third-order valence-electron chi connectivity index (χ3n) is 2.54. The van der Waals surface area contributed by atoms with Crippen molar-refractivity contribution in [2.45, 2.75) is 18.9 Å². The van der Waals surface area contributed by atoms with Crippen LogP contribution in [-0.4, -0.2) is 23.6 Å². The number of hydrogen-bond donors (Lipinski definition) is 2. The molecular formula is C12H11F3N2O3. The number of ether oxygens (including phenoxy) is 1. The number of halogens is 3. The highest BCUT2D eigenvalue weighted by Gasteiger charge is 2.49. The number of rotatable bonds is 4. The number of hydrogen-bond acceptors (Lipinski definition) is 5. The summed E-state index contributed by atoms with van der Waals surface area (Å²) in [6.45, 7) is 1.02. The van der Waals surface area contributed by atoms with Crippen LogP contribution in [0, 0.1) is 17.1 Å². The fourth-order valence-electron chi connectivity index (χ4n) is 1.53. The molecule has 1 atom stereocenters. The van der Waals surface area contributed by atoms with Gasteiger partial charge in [0.1, 0.15) is 6.04 Å². The first kappa shape index (κ1) is 15.8. The number of phenols is 1. The van der Waals surface area contributed by atoms with Crippen LogP contribution in [0.1, 0.15) is 24.1 Å². The smallest absolute Gasteiger partial charge is 0.379 e. The van der Waals surface area contributed by atoms with E-state index in [4.69, 9.17) is 11.0 Å². The molecule has 3 N–H and O–H groups in total. The van der Waals surface area contributed by atoms with Crippen molar-refractivity contribution in [2.24, 2.45) is 5.73 Å². The van der Waals surface area contributed by atoms with Crippen LogP contribution < -0.4 is 5.73 Å². The fourth-order valence-corrected chi connectivity index (χ4v) is 1.53. The summed E-state index contributed by atoms with van der Waals surface area (Å²) in [6.07, 6.45) is 0. The Morgan fingerprint density at radius 3 is 2.70 bits per heavy atom. The Hall–Kier alpha value is -2.27. The molecule has 0 heterocycles. The standard InChI is InChI=1S/C12H11F3N2O3/c1-2-20-11(19)12(14,15)10(17)8-6(5-16)3-4-7(13)9(8)18/h3-4,10,18H,2,17H2,1H3/t10-/m1/s1. The van der Waals surface area contributed by atoms with Crippen molar-refractivity contribution in [1.29, 1.82) is 5.26 Å². The zero-order chi connectivity index (χ0) is 15.5. The summed E-state index contributed by atoms with van der Waals surface area (Å²) in [4.78, 5) is 11.2. The average Bonchev–Trinajstić information content (AvgIpc) is 2.41. The molecule has 20 heavy (non-hydrogen) atoms. The highest BCUT2D eigenvalue weighted by Crippen LogP contribution is 2.38. The molecular weight excluding hydrogens is 277 g/mol. The average molecular weight is 288 g/mol. The maximum Gasteiger partial charge on any atom is 0.379 e. The summed E-state index contributed by atoms with van der Waals surface area (Å²) in [5.41, 5.74) is 3.92. The van der Waals surface area contributed by atoms with Gasteiger partial charge in [-0.05, 0) is 19.1 Å². The number of aromatic hydroxyl groups is 1. The van der Waals surface area contributed by atoms with E-state index in [9.17, 15) is 23.1 Å². The van der Waals surface area contributed by atoms with Crippen molar-refractivity contribution in [1.82, 2.24) is 0 Å². The molecule has 0 aliphatic rings. The second kappa shape index (κ2) is 5.79. The molecule has 0 radical (unpaired) electrons. The molecule has 1 aromatic rings. The van der Waals surface area contributed by atoms with Crippen LogP contribution in [-0.2, 0) is 9.53 Å². The van der Waals surface area contributed by atoms with E-state index in [0.29, 0.717) is 0 Å². The second-order valence-electron chi connectivity index (χ2n) is 3.79. The van der Waals surface area contributed by atoms with Gasteiger partial charge in [-0.2, -0.15) is 14.0 Å². The van der Waals surface area contributed by atoms with Gasteiger partial charge in [0.15, 0.2) is 11.6 Å². The van der Waals surface area contributed by atoms with E-state index in [1.165, 1.54) is 13.0 Å². The Morgan fingerprint density at radius 1 is 1.60 bits per heavy atom. The molecule has 0 aromatic heterocycles. The maximum atomic E-state index is 13.8. The Balaban J connectivity index is 3.34. The normalized spacial score (nSPS) is 12.6. The number of nitrogens with zero attached hydrogens (tertiary/aromatic N) is 1. The number of nitriles is 1. The number of esters is 1. The third kappa shape index (κ3) is 2.67. The molecule has 0 saturated carbocycles. The minimum atomic E-state index is -4.22. The van der Waals surface area contributed by atoms with Crippen LogP contribution in [0.25, 0.3) is 0 Å². The van der Waals surface area contributed by atoms with E-state index in [1.807, 2.05) is 0 Å². The van der Waals surface area contributed by atoms with Crippen molar-refractivity contribution in [3.05, 3.63) is 29.1 Å². The van der Waals surface area contributed by atoms with Crippen LogP contribution in [0.2, 0.25) is 0 Å². The number of phenolic OH excluding ortho intramolecular Hbond substituents is 1. The molecule has 0 fully saturated rings. The molecule has 0 spiro atoms. The van der Waals surface area contributed by atoms with E-state index in [0.717, 1.165) is 12.1 Å². The Bertz CT molecular complexity index is 570. The van der Waals surface area contributed by atoms with Crippen LogP contribution in [0.15, 0.2) is 12.1 Å². The quantitative estimate of drug-likeness (QED) is 0.820. The monoisotopic (exact) mass is 288 g/mol. The minimum Gasteiger partial charge on any atom is -0.505 e. The van der Waals surface area contributed by atoms with Crippen LogP contribution in [0.3, 0.4) is 0 Å². The van der Waals surface area contributed by atoms with Gasteiger partial charge in [0.2, 0.25) is 0 Å². The van der Waals surface area contributed by atoms with Gasteiger partial charge in [-0.3, -0.25) is 0 Å². The van der Waals surface area contributed by atoms with Gasteiger partial charge < -0.3 is 15.6 Å². The molecule has 0 unspecified atom stereocenters. The molecule has 5 nitrogen and oxygen atoms in total. The van der Waals surface area contributed by atoms with E-state index >= 15 is 0 Å².